The molecule has 0 spiro atoms. The first-order valence-corrected chi connectivity index (χ1v) is 6.38. The maximum Gasteiger partial charge on any atom is 0.287 e. The molecule has 0 saturated carbocycles. The lowest BCUT2D eigenvalue weighted by atomic mass is 10.1. The van der Waals surface area contributed by atoms with E-state index in [1.807, 2.05) is 24.3 Å². The average Bonchev–Trinajstić information content (AvgIpc) is 2.90. The summed E-state index contributed by atoms with van der Waals surface area (Å²) in [6, 6.07) is 10.6. The molecule has 1 heterocycles. The van der Waals surface area contributed by atoms with Gasteiger partial charge in [0.15, 0.2) is 11.0 Å². The molecule has 0 atom stereocenters. The van der Waals surface area contributed by atoms with Crippen LogP contribution in [0.2, 0.25) is 5.22 Å². The zero-order valence-corrected chi connectivity index (χ0v) is 11.4. The second kappa shape index (κ2) is 6.80. The van der Waals surface area contributed by atoms with Crippen LogP contribution in [-0.4, -0.2) is 12.5 Å². The maximum atomic E-state index is 11.7. The van der Waals surface area contributed by atoms with Gasteiger partial charge in [0.25, 0.3) is 5.91 Å². The minimum Gasteiger partial charge on any atom is -0.440 e. The molecule has 0 bridgehead atoms. The monoisotopic (exact) mass is 288 g/mol. The molecule has 2 rings (SSSR count). The van der Waals surface area contributed by atoms with Crippen LogP contribution in [0.5, 0.6) is 0 Å². The van der Waals surface area contributed by atoms with Gasteiger partial charge in [0.05, 0.1) is 6.54 Å². The molecular formula is C15H13ClN2O2. The molecule has 1 aromatic carbocycles. The van der Waals surface area contributed by atoms with Gasteiger partial charge in [0, 0.05) is 12.1 Å². The van der Waals surface area contributed by atoms with E-state index in [2.05, 4.69) is 17.2 Å². The van der Waals surface area contributed by atoms with Gasteiger partial charge in [-0.1, -0.05) is 24.0 Å². The number of carbonyl (C=O) groups is 1. The lowest BCUT2D eigenvalue weighted by Crippen LogP contribution is -2.22. The fourth-order valence-corrected chi connectivity index (χ4v) is 1.71. The molecule has 0 radical (unpaired) electrons. The topological polar surface area (TPSA) is 68.3 Å². The zero-order chi connectivity index (χ0) is 14.4. The van der Waals surface area contributed by atoms with Crippen molar-refractivity contribution in [2.75, 3.05) is 6.54 Å². The van der Waals surface area contributed by atoms with E-state index < -0.39 is 0 Å². The van der Waals surface area contributed by atoms with Crippen molar-refractivity contribution in [3.8, 4) is 11.8 Å². The van der Waals surface area contributed by atoms with Crippen LogP contribution in [0.25, 0.3) is 0 Å². The third kappa shape index (κ3) is 3.89. The highest BCUT2D eigenvalue weighted by atomic mass is 35.5. The molecule has 4 nitrogen and oxygen atoms in total. The van der Waals surface area contributed by atoms with Gasteiger partial charge in [0.2, 0.25) is 0 Å². The second-order valence-corrected chi connectivity index (χ2v) is 4.36. The van der Waals surface area contributed by atoms with E-state index in [0.717, 1.165) is 11.1 Å². The number of furan rings is 1. The summed E-state index contributed by atoms with van der Waals surface area (Å²) in [6.45, 7) is 0.741. The fraction of sp³-hybridized carbons (Fsp3) is 0.133. The van der Waals surface area contributed by atoms with Crippen LogP contribution in [0.15, 0.2) is 40.8 Å². The molecule has 0 unspecified atom stereocenters. The van der Waals surface area contributed by atoms with Gasteiger partial charge in [-0.05, 0) is 41.4 Å². The molecule has 2 aromatic rings. The Kier molecular flexibility index (Phi) is 4.83. The number of carbonyl (C=O) groups excluding carboxylic acids is 1. The molecule has 0 saturated heterocycles. The van der Waals surface area contributed by atoms with Crippen molar-refractivity contribution < 1.29 is 9.21 Å². The number of hydrogen-bond acceptors (Lipinski definition) is 3. The molecule has 102 valence electrons. The Morgan fingerprint density at radius 3 is 2.60 bits per heavy atom. The van der Waals surface area contributed by atoms with Crippen molar-refractivity contribution in [1.29, 1.82) is 0 Å². The highest BCUT2D eigenvalue weighted by molar-refractivity contribution is 6.29. The SMILES string of the molecule is NCC#Cc1ccc(CNC(=O)c2ccc(Cl)o2)cc1. The van der Waals surface area contributed by atoms with Gasteiger partial charge in [-0.15, -0.1) is 0 Å². The normalized spacial score (nSPS) is 9.70. The predicted molar refractivity (Wildman–Crippen MR) is 77.3 cm³/mol. The number of halogens is 1. The molecule has 20 heavy (non-hydrogen) atoms. The van der Waals surface area contributed by atoms with E-state index in [0.29, 0.717) is 13.1 Å². The molecule has 1 aromatic heterocycles. The van der Waals surface area contributed by atoms with Crippen molar-refractivity contribution in [2.24, 2.45) is 5.73 Å². The number of hydrogen-bond donors (Lipinski definition) is 2. The summed E-state index contributed by atoms with van der Waals surface area (Å²) in [5.74, 6) is 5.61. The summed E-state index contributed by atoms with van der Waals surface area (Å²) >= 11 is 5.61. The smallest absolute Gasteiger partial charge is 0.287 e. The van der Waals surface area contributed by atoms with Crippen molar-refractivity contribution in [1.82, 2.24) is 5.32 Å². The Morgan fingerprint density at radius 1 is 1.25 bits per heavy atom. The van der Waals surface area contributed by atoms with E-state index in [1.54, 1.807) is 0 Å². The Hall–Kier alpha value is -2.22. The van der Waals surface area contributed by atoms with Crippen LogP contribution in [0.3, 0.4) is 0 Å². The van der Waals surface area contributed by atoms with E-state index in [9.17, 15) is 4.79 Å². The van der Waals surface area contributed by atoms with Crippen LogP contribution < -0.4 is 11.1 Å². The summed E-state index contributed by atoms with van der Waals surface area (Å²) in [5, 5.41) is 2.94. The quantitative estimate of drug-likeness (QED) is 0.851. The van der Waals surface area contributed by atoms with Crippen LogP contribution in [0, 0.1) is 11.8 Å². The van der Waals surface area contributed by atoms with Gasteiger partial charge >= 0.3 is 0 Å². The molecule has 1 amide bonds. The largest absolute Gasteiger partial charge is 0.440 e. The van der Waals surface area contributed by atoms with E-state index in [1.165, 1.54) is 12.1 Å². The van der Waals surface area contributed by atoms with Gasteiger partial charge in [-0.2, -0.15) is 0 Å². The van der Waals surface area contributed by atoms with Gasteiger partial charge in [0.1, 0.15) is 0 Å². The summed E-state index contributed by atoms with van der Waals surface area (Å²) in [4.78, 5) is 11.7. The predicted octanol–water partition coefficient (Wildman–Crippen LogP) is 2.17. The third-order valence-corrected chi connectivity index (χ3v) is 2.74. The first kappa shape index (κ1) is 14.2. The molecule has 0 aliphatic carbocycles. The lowest BCUT2D eigenvalue weighted by molar-refractivity contribution is 0.0923. The van der Waals surface area contributed by atoms with Crippen LogP contribution in [0.1, 0.15) is 21.7 Å². The van der Waals surface area contributed by atoms with Gasteiger partial charge < -0.3 is 15.5 Å². The standard InChI is InChI=1S/C15H13ClN2O2/c16-14-8-7-13(20-14)15(19)18-10-12-5-3-11(4-6-12)2-1-9-17/h3-8H,9-10,17H2,(H,18,19). The summed E-state index contributed by atoms with van der Waals surface area (Å²) in [5.41, 5.74) is 7.16. The van der Waals surface area contributed by atoms with E-state index >= 15 is 0 Å². The number of nitrogens with one attached hydrogen (secondary N) is 1. The number of benzene rings is 1. The van der Waals surface area contributed by atoms with Crippen LogP contribution in [-0.2, 0) is 6.54 Å². The third-order valence-electron chi connectivity index (χ3n) is 2.54. The van der Waals surface area contributed by atoms with Crippen LogP contribution in [0.4, 0.5) is 0 Å². The maximum absolute atomic E-state index is 11.7. The Labute approximate surface area is 121 Å². The first-order chi connectivity index (χ1) is 9.69. The first-order valence-electron chi connectivity index (χ1n) is 6.00. The highest BCUT2D eigenvalue weighted by Crippen LogP contribution is 2.13. The number of amides is 1. The molecule has 0 fully saturated rings. The summed E-state index contributed by atoms with van der Waals surface area (Å²) < 4.78 is 5.02. The van der Waals surface area contributed by atoms with E-state index in [-0.39, 0.29) is 16.9 Å². The summed E-state index contributed by atoms with van der Waals surface area (Å²) in [7, 11) is 0. The Bertz CT molecular complexity index is 651. The average molecular weight is 289 g/mol. The molecule has 0 aliphatic heterocycles. The van der Waals surface area contributed by atoms with Gasteiger partial charge in [-0.25, -0.2) is 0 Å². The van der Waals surface area contributed by atoms with Crippen LogP contribution >= 0.6 is 11.6 Å². The Balaban J connectivity index is 1.92. The van der Waals surface area contributed by atoms with Gasteiger partial charge in [-0.3, -0.25) is 4.79 Å². The minimum atomic E-state index is -0.302. The Morgan fingerprint density at radius 2 is 2.00 bits per heavy atom. The molecular weight excluding hydrogens is 276 g/mol. The van der Waals surface area contributed by atoms with Crippen molar-refractivity contribution >= 4 is 17.5 Å². The van der Waals surface area contributed by atoms with Crippen molar-refractivity contribution in [3.05, 3.63) is 58.5 Å². The fourth-order valence-electron chi connectivity index (χ4n) is 1.56. The van der Waals surface area contributed by atoms with Crippen molar-refractivity contribution in [2.45, 2.75) is 6.54 Å². The summed E-state index contributed by atoms with van der Waals surface area (Å²) in [6.07, 6.45) is 0. The second-order valence-electron chi connectivity index (χ2n) is 3.99. The zero-order valence-electron chi connectivity index (χ0n) is 10.7. The number of rotatable bonds is 3. The molecule has 3 N–H and O–H groups in total. The molecule has 0 aliphatic rings. The highest BCUT2D eigenvalue weighted by Gasteiger charge is 2.09. The lowest BCUT2D eigenvalue weighted by Gasteiger charge is -2.03. The number of nitrogens with two attached hydrogens (primary N) is 1. The van der Waals surface area contributed by atoms with Crippen molar-refractivity contribution in [3.63, 3.8) is 0 Å². The molecule has 5 heteroatoms. The van der Waals surface area contributed by atoms with E-state index in [4.69, 9.17) is 21.8 Å². The minimum absolute atomic E-state index is 0.193.